The van der Waals surface area contributed by atoms with Gasteiger partial charge in [0, 0.05) is 31.4 Å². The highest BCUT2D eigenvalue weighted by Gasteiger charge is 2.29. The summed E-state index contributed by atoms with van der Waals surface area (Å²) in [7, 11) is 0. The highest BCUT2D eigenvalue weighted by atomic mass is 16.3. The van der Waals surface area contributed by atoms with E-state index in [0.29, 0.717) is 37.0 Å². The van der Waals surface area contributed by atoms with E-state index < -0.39 is 6.10 Å². The zero-order valence-corrected chi connectivity index (χ0v) is 38.6. The van der Waals surface area contributed by atoms with Crippen molar-refractivity contribution in [3.63, 3.8) is 0 Å². The third-order valence-electron chi connectivity index (χ3n) is 11.9. The Labute approximate surface area is 354 Å². The molecule has 0 heterocycles. The molecule has 1 aromatic carbocycles. The molecule has 332 valence electrons. The number of quaternary nitrogens is 1. The number of nitrogens with one attached hydrogen (secondary N) is 2. The summed E-state index contributed by atoms with van der Waals surface area (Å²) >= 11 is 0. The topological polar surface area (TPSA) is 78.4 Å². The third kappa shape index (κ3) is 34.6. The number of aliphatic hydroxyl groups is 1. The van der Waals surface area contributed by atoms with Gasteiger partial charge in [-0.1, -0.05) is 212 Å². The molecule has 0 aromatic heterocycles. The number of amides is 2. The van der Waals surface area contributed by atoms with Gasteiger partial charge in [0.2, 0.25) is 11.8 Å². The van der Waals surface area contributed by atoms with E-state index in [1.807, 2.05) is 13.0 Å². The van der Waals surface area contributed by atoms with E-state index in [4.69, 9.17) is 0 Å². The van der Waals surface area contributed by atoms with Crippen molar-refractivity contribution in [1.29, 1.82) is 0 Å². The zero-order chi connectivity index (χ0) is 41.7. The van der Waals surface area contributed by atoms with Crippen LogP contribution in [0, 0.1) is 11.8 Å². The molecule has 57 heavy (non-hydrogen) atoms. The van der Waals surface area contributed by atoms with E-state index in [-0.39, 0.29) is 11.8 Å². The number of nitrogens with zero attached hydrogens (tertiary/aromatic N) is 1. The number of hydrogen-bond acceptors (Lipinski definition) is 3. The van der Waals surface area contributed by atoms with Crippen molar-refractivity contribution in [3.05, 3.63) is 35.9 Å². The van der Waals surface area contributed by atoms with E-state index in [0.717, 1.165) is 63.6 Å². The molecule has 3 N–H and O–H groups in total. The van der Waals surface area contributed by atoms with E-state index in [2.05, 4.69) is 62.6 Å². The summed E-state index contributed by atoms with van der Waals surface area (Å²) in [5, 5.41) is 17.0. The second-order valence-corrected chi connectivity index (χ2v) is 18.9. The van der Waals surface area contributed by atoms with Crippen molar-refractivity contribution in [2.75, 3.05) is 32.7 Å². The van der Waals surface area contributed by atoms with Crippen LogP contribution in [0.3, 0.4) is 0 Å². The number of carbonyl (C=O) groups is 2. The summed E-state index contributed by atoms with van der Waals surface area (Å²) < 4.78 is 0.689. The second-order valence-electron chi connectivity index (χ2n) is 18.9. The molecule has 0 fully saturated rings. The number of unbranched alkanes of at least 4 members (excludes halogenated alkanes) is 22. The first-order chi connectivity index (χ1) is 27.6. The third-order valence-corrected chi connectivity index (χ3v) is 11.9. The van der Waals surface area contributed by atoms with Gasteiger partial charge in [-0.3, -0.25) is 9.59 Å². The fourth-order valence-corrected chi connectivity index (χ4v) is 8.51. The van der Waals surface area contributed by atoms with Crippen LogP contribution < -0.4 is 10.6 Å². The van der Waals surface area contributed by atoms with Gasteiger partial charge in [-0.15, -0.1) is 0 Å². The normalized spacial score (nSPS) is 13.3. The number of benzene rings is 1. The molecule has 0 saturated carbocycles. The maximum atomic E-state index is 12.8. The quantitative estimate of drug-likeness (QED) is 0.0456. The van der Waals surface area contributed by atoms with E-state index >= 15 is 0 Å². The Balaban J connectivity index is 2.28. The van der Waals surface area contributed by atoms with Crippen LogP contribution in [0.4, 0.5) is 0 Å². The first-order valence-electron chi connectivity index (χ1n) is 24.7. The Hall–Kier alpha value is -1.92. The standard InChI is InChI=1S/C51H95N3O3/c1-46(2)34-27-22-18-14-10-6-8-12-16-20-24-31-38-50(56)52-40-33-42-54(44-48(5)55,45-49-36-29-26-30-37-49)43-41-53-51(57)39-32-25-21-17-13-9-7-11-15-19-23-28-35-47(3)4/h26,29-30,36-37,46-48,55H,6-25,27-28,31-35,38-45H2,1-5H3,(H-,52,53,56,57)/p+1. The van der Waals surface area contributed by atoms with E-state index in [1.165, 1.54) is 147 Å². The molecule has 6 heteroatoms. The number of aliphatic hydroxyl groups excluding tert-OH is 1. The van der Waals surface area contributed by atoms with Crippen LogP contribution in [0.5, 0.6) is 0 Å². The lowest BCUT2D eigenvalue weighted by Gasteiger charge is -2.40. The molecular formula is C51H96N3O3+. The van der Waals surface area contributed by atoms with Gasteiger partial charge in [-0.05, 0) is 31.6 Å². The average Bonchev–Trinajstić information content (AvgIpc) is 3.16. The predicted octanol–water partition coefficient (Wildman–Crippen LogP) is 13.2. The van der Waals surface area contributed by atoms with Crippen LogP contribution >= 0.6 is 0 Å². The van der Waals surface area contributed by atoms with Crippen LogP contribution in [-0.2, 0) is 16.1 Å². The summed E-state index contributed by atoms with van der Waals surface area (Å²) in [6.07, 6.45) is 35.7. The first kappa shape index (κ1) is 53.1. The Morgan fingerprint density at radius 1 is 0.491 bits per heavy atom. The summed E-state index contributed by atoms with van der Waals surface area (Å²) in [5.41, 5.74) is 1.23. The lowest BCUT2D eigenvalue weighted by molar-refractivity contribution is -0.942. The highest BCUT2D eigenvalue weighted by Crippen LogP contribution is 2.19. The van der Waals surface area contributed by atoms with E-state index in [1.54, 1.807) is 0 Å². The van der Waals surface area contributed by atoms with Gasteiger partial charge in [-0.2, -0.15) is 0 Å². The Bertz CT molecular complexity index is 1050. The minimum absolute atomic E-state index is 0.142. The van der Waals surface area contributed by atoms with E-state index in [9.17, 15) is 14.7 Å². The van der Waals surface area contributed by atoms with Crippen molar-refractivity contribution in [3.8, 4) is 0 Å². The molecule has 0 spiro atoms. The van der Waals surface area contributed by atoms with Crippen molar-refractivity contribution in [1.82, 2.24) is 10.6 Å². The van der Waals surface area contributed by atoms with Crippen LogP contribution in [0.15, 0.2) is 30.3 Å². The average molecular weight is 799 g/mol. The maximum absolute atomic E-state index is 12.8. The molecule has 0 aliphatic heterocycles. The number of carbonyl (C=O) groups excluding carboxylic acids is 2. The lowest BCUT2D eigenvalue weighted by atomic mass is 10.0. The van der Waals surface area contributed by atoms with Crippen molar-refractivity contribution in [2.24, 2.45) is 11.8 Å². The molecule has 1 aromatic rings. The minimum atomic E-state index is -0.456. The molecule has 6 nitrogen and oxygen atoms in total. The predicted molar refractivity (Wildman–Crippen MR) is 246 cm³/mol. The van der Waals surface area contributed by atoms with Crippen molar-refractivity contribution < 1.29 is 19.2 Å². The lowest BCUT2D eigenvalue weighted by Crippen LogP contribution is -2.55. The van der Waals surface area contributed by atoms with Crippen LogP contribution in [0.25, 0.3) is 0 Å². The second kappa shape index (κ2) is 37.1. The molecule has 0 aliphatic carbocycles. The Morgan fingerprint density at radius 2 is 0.860 bits per heavy atom. The molecule has 2 atom stereocenters. The van der Waals surface area contributed by atoms with Crippen LogP contribution in [0.2, 0.25) is 0 Å². The molecule has 0 bridgehead atoms. The molecule has 0 radical (unpaired) electrons. The van der Waals surface area contributed by atoms with Gasteiger partial charge in [-0.25, -0.2) is 0 Å². The van der Waals surface area contributed by atoms with Gasteiger partial charge in [0.15, 0.2) is 0 Å². The minimum Gasteiger partial charge on any atom is -0.388 e. The first-order valence-corrected chi connectivity index (χ1v) is 24.7. The SMILES string of the molecule is CC(C)CCCCCCCCCCCCCCC(=O)NCCC[N+](CCNC(=O)CCCCCCCCCCCCCCC(C)C)(Cc1ccccc1)CC(C)O. The summed E-state index contributed by atoms with van der Waals surface area (Å²) in [6, 6.07) is 10.5. The Kier molecular flexibility index (Phi) is 34.6. The summed E-state index contributed by atoms with van der Waals surface area (Å²) in [5.74, 6) is 1.99. The molecule has 1 rings (SSSR count). The van der Waals surface area contributed by atoms with Gasteiger partial charge >= 0.3 is 0 Å². The Morgan fingerprint density at radius 3 is 1.25 bits per heavy atom. The maximum Gasteiger partial charge on any atom is 0.220 e. The number of rotatable bonds is 41. The van der Waals surface area contributed by atoms with Gasteiger partial charge < -0.3 is 20.2 Å². The van der Waals surface area contributed by atoms with Gasteiger partial charge in [0.25, 0.3) is 0 Å². The molecule has 0 saturated heterocycles. The summed E-state index contributed by atoms with van der Waals surface area (Å²) in [6.45, 7) is 15.4. The smallest absolute Gasteiger partial charge is 0.220 e. The molecule has 2 unspecified atom stereocenters. The number of hydrogen-bond donors (Lipinski definition) is 3. The van der Waals surface area contributed by atoms with Gasteiger partial charge in [0.1, 0.15) is 19.2 Å². The van der Waals surface area contributed by atoms with Crippen LogP contribution in [-0.4, -0.2) is 60.2 Å². The van der Waals surface area contributed by atoms with Gasteiger partial charge in [0.05, 0.1) is 19.6 Å². The zero-order valence-electron chi connectivity index (χ0n) is 38.6. The fourth-order valence-electron chi connectivity index (χ4n) is 8.51. The fraction of sp³-hybridized carbons (Fsp3) is 0.843. The monoisotopic (exact) mass is 799 g/mol. The molecule has 0 aliphatic rings. The molecule has 2 amide bonds. The van der Waals surface area contributed by atoms with Crippen molar-refractivity contribution in [2.45, 2.75) is 233 Å². The molecular weight excluding hydrogens is 703 g/mol. The van der Waals surface area contributed by atoms with Crippen LogP contribution in [0.1, 0.15) is 226 Å². The highest BCUT2D eigenvalue weighted by molar-refractivity contribution is 5.76. The largest absolute Gasteiger partial charge is 0.388 e. The summed E-state index contributed by atoms with van der Waals surface area (Å²) in [4.78, 5) is 25.5. The van der Waals surface area contributed by atoms with Crippen molar-refractivity contribution >= 4 is 11.8 Å².